The van der Waals surface area contributed by atoms with E-state index in [0.29, 0.717) is 11.3 Å². The first-order valence-electron chi connectivity index (χ1n) is 12.6. The molecule has 3 amide bonds. The Labute approximate surface area is 237 Å². The molecule has 0 fully saturated rings. The lowest BCUT2D eigenvalue weighted by molar-refractivity contribution is -0.755. The summed E-state index contributed by atoms with van der Waals surface area (Å²) in [5.74, 6) is -1.13. The Balaban J connectivity index is 1.38. The van der Waals surface area contributed by atoms with Gasteiger partial charge in [0.05, 0.1) is 23.7 Å². The number of anilines is 3. The first-order valence-corrected chi connectivity index (χ1v) is 12.6. The van der Waals surface area contributed by atoms with Gasteiger partial charge in [-0.15, -0.1) is 0 Å². The molecule has 0 unspecified atom stereocenters. The number of urea groups is 1. The molecule has 2 aromatic heterocycles. The predicted molar refractivity (Wildman–Crippen MR) is 143 cm³/mol. The highest BCUT2D eigenvalue weighted by atomic mass is 19.4. The van der Waals surface area contributed by atoms with E-state index in [1.165, 1.54) is 23.1 Å². The second-order valence-electron chi connectivity index (χ2n) is 9.34. The van der Waals surface area contributed by atoms with Crippen LogP contribution in [-0.4, -0.2) is 34.3 Å². The fourth-order valence-corrected chi connectivity index (χ4v) is 3.69. The molecule has 11 nitrogen and oxygen atoms in total. The van der Waals surface area contributed by atoms with Gasteiger partial charge in [0.2, 0.25) is 17.7 Å². The Kier molecular flexibility index (Phi) is 9.15. The van der Waals surface area contributed by atoms with Crippen molar-refractivity contribution >= 4 is 35.2 Å². The maximum atomic E-state index is 13.5. The van der Waals surface area contributed by atoms with Crippen LogP contribution in [-0.2, 0) is 28.7 Å². The number of carbonyl (C=O) groups excluding carboxylic acids is 3. The van der Waals surface area contributed by atoms with Crippen LogP contribution in [0.1, 0.15) is 41.0 Å². The molecule has 42 heavy (non-hydrogen) atoms. The van der Waals surface area contributed by atoms with E-state index in [4.69, 9.17) is 9.26 Å². The Morgan fingerprint density at radius 3 is 2.33 bits per heavy atom. The van der Waals surface area contributed by atoms with Gasteiger partial charge in [-0.3, -0.25) is 19.6 Å². The number of carbonyl (C=O) groups is 3. The zero-order valence-corrected chi connectivity index (χ0v) is 22.4. The zero-order chi connectivity index (χ0) is 30.3. The third kappa shape index (κ3) is 8.61. The van der Waals surface area contributed by atoms with Crippen molar-refractivity contribution in [2.45, 2.75) is 39.1 Å². The monoisotopic (exact) mass is 583 g/mol. The molecular weight excluding hydrogens is 557 g/mol. The topological polar surface area (TPSA) is 139 Å². The van der Waals surface area contributed by atoms with Crippen LogP contribution in [0, 0.1) is 0 Å². The number of esters is 1. The van der Waals surface area contributed by atoms with Gasteiger partial charge in [-0.25, -0.2) is 9.59 Å². The minimum atomic E-state index is -4.73. The fourth-order valence-electron chi connectivity index (χ4n) is 3.69. The normalized spacial score (nSPS) is 11.2. The molecule has 0 atom stereocenters. The molecule has 0 spiro atoms. The number of amides is 3. The van der Waals surface area contributed by atoms with Crippen LogP contribution in [0.3, 0.4) is 0 Å². The Morgan fingerprint density at radius 1 is 0.976 bits per heavy atom. The number of alkyl halides is 3. The van der Waals surface area contributed by atoms with Gasteiger partial charge in [0, 0.05) is 17.6 Å². The van der Waals surface area contributed by atoms with Gasteiger partial charge < -0.3 is 15.4 Å². The SMILES string of the molecule is CC(C)OC(=O)c1ccc(C[n+]2cc(NC(=O)Nc3cc(NC(=O)Cc4ccccc4)cc(C(F)(F)F)c3)on2)nc1. The molecule has 0 aliphatic carbocycles. The van der Waals surface area contributed by atoms with Crippen molar-refractivity contribution in [1.29, 1.82) is 0 Å². The van der Waals surface area contributed by atoms with Crippen LogP contribution < -0.4 is 20.6 Å². The van der Waals surface area contributed by atoms with E-state index >= 15 is 0 Å². The minimum Gasteiger partial charge on any atom is -0.459 e. The number of aromatic nitrogens is 3. The van der Waals surface area contributed by atoms with E-state index < -0.39 is 29.6 Å². The molecule has 2 heterocycles. The van der Waals surface area contributed by atoms with Crippen LogP contribution in [0.25, 0.3) is 0 Å². The van der Waals surface area contributed by atoms with Gasteiger partial charge in [-0.05, 0) is 54.4 Å². The van der Waals surface area contributed by atoms with Crippen LogP contribution >= 0.6 is 0 Å². The summed E-state index contributed by atoms with van der Waals surface area (Å²) >= 11 is 0. The lowest BCUT2D eigenvalue weighted by atomic mass is 10.1. The van der Waals surface area contributed by atoms with Gasteiger partial charge in [0.15, 0.2) is 0 Å². The van der Waals surface area contributed by atoms with Crippen molar-refractivity contribution in [3.05, 3.63) is 95.4 Å². The predicted octanol–water partition coefficient (Wildman–Crippen LogP) is 4.81. The summed E-state index contributed by atoms with van der Waals surface area (Å²) < 4.78 is 52.0. The van der Waals surface area contributed by atoms with Crippen LogP contribution in [0.15, 0.2) is 77.6 Å². The quantitative estimate of drug-likeness (QED) is 0.190. The Morgan fingerprint density at radius 2 is 1.69 bits per heavy atom. The van der Waals surface area contributed by atoms with Crippen LogP contribution in [0.4, 0.5) is 35.2 Å². The van der Waals surface area contributed by atoms with Crippen LogP contribution in [0.2, 0.25) is 0 Å². The van der Waals surface area contributed by atoms with E-state index in [2.05, 4.69) is 26.2 Å². The Bertz CT molecular complexity index is 1560. The molecule has 0 bridgehead atoms. The van der Waals surface area contributed by atoms with Crippen molar-refractivity contribution in [2.24, 2.45) is 0 Å². The number of nitrogens with zero attached hydrogens (tertiary/aromatic N) is 3. The number of ether oxygens (including phenoxy) is 1. The number of pyridine rings is 1. The molecule has 3 N–H and O–H groups in total. The summed E-state index contributed by atoms with van der Waals surface area (Å²) in [6.45, 7) is 3.60. The van der Waals surface area contributed by atoms with Crippen LogP contribution in [0.5, 0.6) is 0 Å². The molecule has 0 aliphatic rings. The molecule has 0 aliphatic heterocycles. The molecule has 14 heteroatoms. The molecule has 2 aromatic carbocycles. The summed E-state index contributed by atoms with van der Waals surface area (Å²) in [6, 6.07) is 13.6. The zero-order valence-electron chi connectivity index (χ0n) is 22.4. The smallest absolute Gasteiger partial charge is 0.416 e. The highest BCUT2D eigenvalue weighted by molar-refractivity contribution is 6.00. The maximum Gasteiger partial charge on any atom is 0.416 e. The van der Waals surface area contributed by atoms with E-state index in [-0.39, 0.29) is 41.9 Å². The van der Waals surface area contributed by atoms with Gasteiger partial charge in [0.1, 0.15) is 5.69 Å². The van der Waals surface area contributed by atoms with Crippen molar-refractivity contribution in [3.8, 4) is 0 Å². The standard InChI is InChI=1S/C28H25F3N6O5/c1-17(2)41-26(39)19-8-9-21(32-14-19)15-37-16-25(42-36-37)35-27(40)34-23-12-20(28(29,30)31)11-22(13-23)33-24(38)10-18-6-4-3-5-7-18/h3-9,11-14,16-17H,10,15H2,1-2H3,(H2-,33,34,35,36,38,40)/p+1. The molecular formula is C28H26F3N6O5+. The van der Waals surface area contributed by atoms with Gasteiger partial charge in [-0.2, -0.15) is 13.2 Å². The number of hydrogen-bond acceptors (Lipinski definition) is 7. The summed E-state index contributed by atoms with van der Waals surface area (Å²) in [5.41, 5.74) is 0.0628. The Hall–Kier alpha value is -5.27. The van der Waals surface area contributed by atoms with Crippen molar-refractivity contribution < 1.29 is 41.5 Å². The number of nitrogens with one attached hydrogen (secondary N) is 3. The maximum absolute atomic E-state index is 13.5. The third-order valence-corrected chi connectivity index (χ3v) is 5.48. The van der Waals surface area contributed by atoms with Crippen molar-refractivity contribution in [2.75, 3.05) is 16.0 Å². The summed E-state index contributed by atoms with van der Waals surface area (Å²) in [7, 11) is 0. The van der Waals surface area contributed by atoms with E-state index in [1.807, 2.05) is 0 Å². The van der Waals surface area contributed by atoms with Gasteiger partial charge >= 0.3 is 24.1 Å². The highest BCUT2D eigenvalue weighted by Gasteiger charge is 2.31. The number of halogens is 3. The summed E-state index contributed by atoms with van der Waals surface area (Å²) in [6.07, 6.45) is -2.35. The second kappa shape index (κ2) is 12.9. The van der Waals surface area contributed by atoms with Crippen molar-refractivity contribution in [3.63, 3.8) is 0 Å². The van der Waals surface area contributed by atoms with Gasteiger partial charge in [-0.1, -0.05) is 30.3 Å². The molecule has 4 aromatic rings. The molecule has 218 valence electrons. The molecule has 0 radical (unpaired) electrons. The lowest BCUT2D eigenvalue weighted by Crippen LogP contribution is -2.35. The second-order valence-corrected chi connectivity index (χ2v) is 9.34. The number of hydrogen-bond donors (Lipinski definition) is 3. The van der Waals surface area contributed by atoms with Gasteiger partial charge in [0.25, 0.3) is 6.20 Å². The number of rotatable bonds is 9. The first-order chi connectivity index (χ1) is 19.9. The largest absolute Gasteiger partial charge is 0.459 e. The molecule has 0 saturated carbocycles. The minimum absolute atomic E-state index is 0.0455. The van der Waals surface area contributed by atoms with E-state index in [0.717, 1.165) is 12.1 Å². The fraction of sp³-hybridized carbons (Fsp3) is 0.214. The summed E-state index contributed by atoms with van der Waals surface area (Å²) in [4.78, 5) is 41.0. The van der Waals surface area contributed by atoms with Crippen molar-refractivity contribution in [1.82, 2.24) is 10.3 Å². The molecule has 4 rings (SSSR count). The molecule has 0 saturated heterocycles. The highest BCUT2D eigenvalue weighted by Crippen LogP contribution is 2.33. The average Bonchev–Trinajstić information content (AvgIpc) is 3.34. The van der Waals surface area contributed by atoms with E-state index in [1.54, 1.807) is 56.3 Å². The third-order valence-electron chi connectivity index (χ3n) is 5.48. The van der Waals surface area contributed by atoms with E-state index in [9.17, 15) is 27.6 Å². The summed E-state index contributed by atoms with van der Waals surface area (Å²) in [5, 5.41) is 10.8. The number of benzene rings is 2. The first kappa shape index (κ1) is 29.7. The lowest BCUT2D eigenvalue weighted by Gasteiger charge is -2.14. The average molecular weight is 584 g/mol.